The number of carbonyl (C=O) groups excluding carboxylic acids is 1. The van der Waals surface area contributed by atoms with E-state index in [1.165, 1.54) is 0 Å². The molecule has 0 amide bonds. The number of fused-ring (bicyclic) bond motifs is 1. The SMILES string of the molecule is COc1ccc2c(c1)C(=O)OC(C)(c1ccccc1)C2. The Bertz CT molecular complexity index is 649. The highest BCUT2D eigenvalue weighted by Gasteiger charge is 2.37. The van der Waals surface area contributed by atoms with E-state index >= 15 is 0 Å². The van der Waals surface area contributed by atoms with Crippen LogP contribution in [0.1, 0.15) is 28.4 Å². The van der Waals surface area contributed by atoms with Crippen LogP contribution in [0, 0.1) is 0 Å². The first-order valence-electron chi connectivity index (χ1n) is 6.58. The Balaban J connectivity index is 2.03. The summed E-state index contributed by atoms with van der Waals surface area (Å²) in [5, 5.41) is 0. The zero-order chi connectivity index (χ0) is 14.2. The topological polar surface area (TPSA) is 35.5 Å². The van der Waals surface area contributed by atoms with E-state index in [0.29, 0.717) is 17.7 Å². The molecule has 1 unspecified atom stereocenters. The summed E-state index contributed by atoms with van der Waals surface area (Å²) in [6.07, 6.45) is 0.669. The summed E-state index contributed by atoms with van der Waals surface area (Å²) in [6.45, 7) is 1.95. The number of hydrogen-bond acceptors (Lipinski definition) is 3. The Morgan fingerprint density at radius 2 is 1.90 bits per heavy atom. The van der Waals surface area contributed by atoms with Gasteiger partial charge in [-0.25, -0.2) is 4.79 Å². The zero-order valence-electron chi connectivity index (χ0n) is 11.6. The van der Waals surface area contributed by atoms with Gasteiger partial charge in [-0.05, 0) is 30.2 Å². The highest BCUT2D eigenvalue weighted by Crippen LogP contribution is 2.36. The fraction of sp³-hybridized carbons (Fsp3) is 0.235. The van der Waals surface area contributed by atoms with E-state index in [0.717, 1.165) is 11.1 Å². The fourth-order valence-corrected chi connectivity index (χ4v) is 2.64. The van der Waals surface area contributed by atoms with Crippen LogP contribution in [0.4, 0.5) is 0 Å². The molecule has 0 aromatic heterocycles. The third-order valence-corrected chi connectivity index (χ3v) is 3.77. The lowest BCUT2D eigenvalue weighted by Gasteiger charge is -2.35. The van der Waals surface area contributed by atoms with Crippen molar-refractivity contribution in [3.8, 4) is 5.75 Å². The van der Waals surface area contributed by atoms with Gasteiger partial charge >= 0.3 is 5.97 Å². The molecule has 3 nitrogen and oxygen atoms in total. The molecule has 20 heavy (non-hydrogen) atoms. The average Bonchev–Trinajstić information content (AvgIpc) is 2.48. The van der Waals surface area contributed by atoms with Crippen LogP contribution in [-0.4, -0.2) is 13.1 Å². The lowest BCUT2D eigenvalue weighted by Crippen LogP contribution is -2.36. The highest BCUT2D eigenvalue weighted by atomic mass is 16.6. The third-order valence-electron chi connectivity index (χ3n) is 3.77. The van der Waals surface area contributed by atoms with E-state index in [1.54, 1.807) is 13.2 Å². The smallest absolute Gasteiger partial charge is 0.339 e. The number of esters is 1. The second-order valence-electron chi connectivity index (χ2n) is 5.19. The predicted molar refractivity (Wildman–Crippen MR) is 75.9 cm³/mol. The number of carbonyl (C=O) groups is 1. The van der Waals surface area contributed by atoms with E-state index in [2.05, 4.69) is 0 Å². The van der Waals surface area contributed by atoms with Crippen LogP contribution in [0.5, 0.6) is 5.75 Å². The van der Waals surface area contributed by atoms with Crippen molar-refractivity contribution in [1.29, 1.82) is 0 Å². The van der Waals surface area contributed by atoms with Crippen LogP contribution in [0.15, 0.2) is 48.5 Å². The number of cyclic esters (lactones) is 1. The van der Waals surface area contributed by atoms with Gasteiger partial charge in [0.05, 0.1) is 12.7 Å². The molecule has 0 bridgehead atoms. The molecular weight excluding hydrogens is 252 g/mol. The minimum Gasteiger partial charge on any atom is -0.497 e. The van der Waals surface area contributed by atoms with Crippen molar-refractivity contribution in [1.82, 2.24) is 0 Å². The van der Waals surface area contributed by atoms with Gasteiger partial charge in [0.25, 0.3) is 0 Å². The lowest BCUT2D eigenvalue weighted by atomic mass is 9.84. The van der Waals surface area contributed by atoms with Crippen molar-refractivity contribution < 1.29 is 14.3 Å². The van der Waals surface area contributed by atoms with E-state index in [-0.39, 0.29) is 5.97 Å². The Kier molecular flexibility index (Phi) is 2.97. The average molecular weight is 268 g/mol. The van der Waals surface area contributed by atoms with Gasteiger partial charge in [-0.2, -0.15) is 0 Å². The van der Waals surface area contributed by atoms with Crippen LogP contribution >= 0.6 is 0 Å². The van der Waals surface area contributed by atoms with Gasteiger partial charge in [-0.15, -0.1) is 0 Å². The molecule has 0 saturated heterocycles. The molecule has 1 heterocycles. The maximum absolute atomic E-state index is 12.3. The van der Waals surface area contributed by atoms with Crippen LogP contribution in [0.25, 0.3) is 0 Å². The summed E-state index contributed by atoms with van der Waals surface area (Å²) in [5.74, 6) is 0.375. The van der Waals surface area contributed by atoms with E-state index in [9.17, 15) is 4.79 Å². The summed E-state index contributed by atoms with van der Waals surface area (Å²) in [4.78, 5) is 12.3. The van der Waals surface area contributed by atoms with Crippen molar-refractivity contribution in [3.05, 3.63) is 65.2 Å². The summed E-state index contributed by atoms with van der Waals surface area (Å²) in [7, 11) is 1.59. The van der Waals surface area contributed by atoms with Crippen molar-refractivity contribution in [2.24, 2.45) is 0 Å². The molecule has 0 aliphatic carbocycles. The minimum absolute atomic E-state index is 0.295. The van der Waals surface area contributed by atoms with Gasteiger partial charge in [-0.3, -0.25) is 0 Å². The quantitative estimate of drug-likeness (QED) is 0.784. The maximum Gasteiger partial charge on any atom is 0.339 e. The maximum atomic E-state index is 12.3. The number of benzene rings is 2. The molecule has 0 N–H and O–H groups in total. The fourth-order valence-electron chi connectivity index (χ4n) is 2.64. The van der Waals surface area contributed by atoms with Crippen LogP contribution in [0.2, 0.25) is 0 Å². The van der Waals surface area contributed by atoms with Gasteiger partial charge in [-0.1, -0.05) is 36.4 Å². The first kappa shape index (κ1) is 12.7. The third kappa shape index (κ3) is 2.05. The second-order valence-corrected chi connectivity index (χ2v) is 5.19. The first-order chi connectivity index (χ1) is 9.62. The normalized spacial score (nSPS) is 21.0. The molecule has 2 aromatic carbocycles. The lowest BCUT2D eigenvalue weighted by molar-refractivity contribution is -0.0182. The molecule has 3 rings (SSSR count). The molecule has 1 aliphatic rings. The molecular formula is C17H16O3. The van der Waals surface area contributed by atoms with Crippen molar-refractivity contribution in [2.45, 2.75) is 18.9 Å². The van der Waals surface area contributed by atoms with E-state index in [4.69, 9.17) is 9.47 Å². The molecule has 0 spiro atoms. The molecule has 2 aromatic rings. The second kappa shape index (κ2) is 4.67. The molecule has 102 valence electrons. The summed E-state index contributed by atoms with van der Waals surface area (Å²) in [6, 6.07) is 15.4. The Hall–Kier alpha value is -2.29. The van der Waals surface area contributed by atoms with E-state index in [1.807, 2.05) is 49.4 Å². The summed E-state index contributed by atoms with van der Waals surface area (Å²) in [5.41, 5.74) is 1.99. The predicted octanol–water partition coefficient (Wildman–Crippen LogP) is 3.32. The molecule has 0 saturated carbocycles. The largest absolute Gasteiger partial charge is 0.497 e. The van der Waals surface area contributed by atoms with Crippen LogP contribution in [0.3, 0.4) is 0 Å². The van der Waals surface area contributed by atoms with Gasteiger partial charge in [0, 0.05) is 6.42 Å². The molecule has 0 fully saturated rings. The number of hydrogen-bond donors (Lipinski definition) is 0. The summed E-state index contributed by atoms with van der Waals surface area (Å²) >= 11 is 0. The van der Waals surface area contributed by atoms with E-state index < -0.39 is 5.60 Å². The van der Waals surface area contributed by atoms with Gasteiger partial charge in [0.1, 0.15) is 11.4 Å². The molecule has 1 aliphatic heterocycles. The van der Waals surface area contributed by atoms with Gasteiger partial charge in [0.15, 0.2) is 0 Å². The van der Waals surface area contributed by atoms with Crippen molar-refractivity contribution in [2.75, 3.05) is 7.11 Å². The number of ether oxygens (including phenoxy) is 2. The molecule has 3 heteroatoms. The zero-order valence-corrected chi connectivity index (χ0v) is 11.6. The standard InChI is InChI=1S/C17H16O3/c1-17(13-6-4-3-5-7-13)11-12-8-9-14(19-2)10-15(12)16(18)20-17/h3-10H,11H2,1-2H3. The Morgan fingerprint density at radius 1 is 1.15 bits per heavy atom. The van der Waals surface area contributed by atoms with Gasteiger partial charge < -0.3 is 9.47 Å². The molecule has 0 radical (unpaired) electrons. The summed E-state index contributed by atoms with van der Waals surface area (Å²) < 4.78 is 10.8. The van der Waals surface area contributed by atoms with Gasteiger partial charge in [0.2, 0.25) is 0 Å². The monoisotopic (exact) mass is 268 g/mol. The minimum atomic E-state index is -0.611. The Labute approximate surface area is 118 Å². The van der Waals surface area contributed by atoms with Crippen LogP contribution < -0.4 is 4.74 Å². The van der Waals surface area contributed by atoms with Crippen molar-refractivity contribution >= 4 is 5.97 Å². The first-order valence-corrected chi connectivity index (χ1v) is 6.58. The Morgan fingerprint density at radius 3 is 2.60 bits per heavy atom. The van der Waals surface area contributed by atoms with Crippen molar-refractivity contribution in [3.63, 3.8) is 0 Å². The number of rotatable bonds is 2. The number of methoxy groups -OCH3 is 1. The highest BCUT2D eigenvalue weighted by molar-refractivity contribution is 5.93. The van der Waals surface area contributed by atoms with Crippen LogP contribution in [-0.2, 0) is 16.8 Å². The molecule has 1 atom stereocenters.